The van der Waals surface area contributed by atoms with Crippen molar-refractivity contribution in [2.45, 2.75) is 18.2 Å². The van der Waals surface area contributed by atoms with Crippen LogP contribution >= 0.6 is 11.8 Å². The van der Waals surface area contributed by atoms with Gasteiger partial charge in [0.15, 0.2) is 0 Å². The highest BCUT2D eigenvalue weighted by Gasteiger charge is 2.16. The van der Waals surface area contributed by atoms with Gasteiger partial charge in [0.2, 0.25) is 5.91 Å². The van der Waals surface area contributed by atoms with E-state index in [1.807, 2.05) is 24.3 Å². The van der Waals surface area contributed by atoms with Gasteiger partial charge < -0.3 is 15.1 Å². The van der Waals surface area contributed by atoms with Gasteiger partial charge in [-0.05, 0) is 49.9 Å². The summed E-state index contributed by atoms with van der Waals surface area (Å²) in [6, 6.07) is 16.4. The first-order chi connectivity index (χ1) is 12.6. The largest absolute Gasteiger partial charge is 0.369 e. The van der Waals surface area contributed by atoms with Crippen molar-refractivity contribution in [1.82, 2.24) is 4.90 Å². The minimum atomic E-state index is 0.0696. The zero-order valence-electron chi connectivity index (χ0n) is 15.6. The van der Waals surface area contributed by atoms with Gasteiger partial charge in [0, 0.05) is 54.6 Å². The molecule has 1 aliphatic heterocycles. The van der Waals surface area contributed by atoms with E-state index in [9.17, 15) is 4.79 Å². The quantitative estimate of drug-likeness (QED) is 0.784. The van der Waals surface area contributed by atoms with E-state index in [4.69, 9.17) is 0 Å². The van der Waals surface area contributed by atoms with Gasteiger partial charge in [-0.15, -0.1) is 11.8 Å². The van der Waals surface area contributed by atoms with Crippen LogP contribution in [-0.4, -0.2) is 49.8 Å². The molecule has 0 unspecified atom stereocenters. The normalized spacial score (nSPS) is 15.1. The van der Waals surface area contributed by atoms with Crippen molar-refractivity contribution in [2.75, 3.05) is 49.2 Å². The fourth-order valence-electron chi connectivity index (χ4n) is 3.14. The first kappa shape index (κ1) is 18.8. The Kier molecular flexibility index (Phi) is 6.58. The van der Waals surface area contributed by atoms with Gasteiger partial charge in [0.1, 0.15) is 0 Å². The lowest BCUT2D eigenvalue weighted by Gasteiger charge is -2.35. The Morgan fingerprint density at radius 2 is 1.81 bits per heavy atom. The van der Waals surface area contributed by atoms with Crippen molar-refractivity contribution < 1.29 is 4.79 Å². The monoisotopic (exact) mass is 369 g/mol. The highest BCUT2D eigenvalue weighted by Crippen LogP contribution is 2.25. The zero-order valence-corrected chi connectivity index (χ0v) is 16.4. The van der Waals surface area contributed by atoms with Gasteiger partial charge in [-0.1, -0.05) is 18.2 Å². The fourth-order valence-corrected chi connectivity index (χ4v) is 4.01. The molecule has 0 radical (unpaired) electrons. The zero-order chi connectivity index (χ0) is 18.4. The molecule has 1 heterocycles. The number of benzene rings is 2. The van der Waals surface area contributed by atoms with E-state index in [0.717, 1.165) is 37.6 Å². The molecule has 0 bridgehead atoms. The maximum atomic E-state index is 12.2. The highest BCUT2D eigenvalue weighted by molar-refractivity contribution is 7.99. The van der Waals surface area contributed by atoms with Crippen LogP contribution in [-0.2, 0) is 4.79 Å². The summed E-state index contributed by atoms with van der Waals surface area (Å²) in [7, 11) is 2.17. The molecule has 1 fully saturated rings. The van der Waals surface area contributed by atoms with E-state index >= 15 is 0 Å². The highest BCUT2D eigenvalue weighted by atomic mass is 32.2. The number of carbonyl (C=O) groups excluding carboxylic acids is 1. The average molecular weight is 370 g/mol. The summed E-state index contributed by atoms with van der Waals surface area (Å²) in [5, 5.41) is 3.03. The van der Waals surface area contributed by atoms with E-state index in [-0.39, 0.29) is 5.91 Å². The van der Waals surface area contributed by atoms with E-state index in [1.54, 1.807) is 11.8 Å². The van der Waals surface area contributed by atoms with E-state index < -0.39 is 0 Å². The predicted octanol–water partition coefficient (Wildman–Crippen LogP) is 3.87. The number of aryl methyl sites for hydroxylation is 1. The minimum Gasteiger partial charge on any atom is -0.369 e. The van der Waals surface area contributed by atoms with Gasteiger partial charge in [-0.2, -0.15) is 0 Å². The Balaban J connectivity index is 1.50. The third-order valence-electron chi connectivity index (χ3n) is 4.67. The maximum absolute atomic E-state index is 12.2. The molecule has 2 aromatic carbocycles. The molecular formula is C21H27N3OS. The Bertz CT molecular complexity index is 727. The lowest BCUT2D eigenvalue weighted by molar-refractivity contribution is -0.115. The van der Waals surface area contributed by atoms with E-state index in [2.05, 4.69) is 53.4 Å². The van der Waals surface area contributed by atoms with Crippen LogP contribution in [0.15, 0.2) is 53.4 Å². The third kappa shape index (κ3) is 5.26. The summed E-state index contributed by atoms with van der Waals surface area (Å²) in [5.74, 6) is 0.856. The second-order valence-corrected chi connectivity index (χ2v) is 7.92. The Morgan fingerprint density at radius 1 is 1.08 bits per heavy atom. The van der Waals surface area contributed by atoms with Crippen LogP contribution in [0.3, 0.4) is 0 Å². The molecular weight excluding hydrogens is 342 g/mol. The molecule has 0 aromatic heterocycles. The molecule has 1 amide bonds. The first-order valence-electron chi connectivity index (χ1n) is 9.13. The molecule has 0 spiro atoms. The molecule has 3 rings (SSSR count). The van der Waals surface area contributed by atoms with Gasteiger partial charge in [0.05, 0.1) is 0 Å². The third-order valence-corrected chi connectivity index (χ3v) is 5.68. The summed E-state index contributed by atoms with van der Waals surface area (Å²) in [4.78, 5) is 18.2. The van der Waals surface area contributed by atoms with Crippen LogP contribution in [0, 0.1) is 6.92 Å². The Labute approximate surface area is 160 Å². The fraction of sp³-hybridized carbons (Fsp3) is 0.381. The Hall–Kier alpha value is -1.98. The second-order valence-electron chi connectivity index (χ2n) is 6.75. The SMILES string of the molecule is Cc1cc(NC(=O)CCSc2ccccc2)ccc1N1CCN(C)CC1. The summed E-state index contributed by atoms with van der Waals surface area (Å²) >= 11 is 1.71. The summed E-state index contributed by atoms with van der Waals surface area (Å²) in [6.07, 6.45) is 0.513. The second kappa shape index (κ2) is 9.10. The molecule has 0 aliphatic carbocycles. The first-order valence-corrected chi connectivity index (χ1v) is 10.1. The van der Waals surface area contributed by atoms with Crippen molar-refractivity contribution in [2.24, 2.45) is 0 Å². The number of piperazine rings is 1. The molecule has 1 saturated heterocycles. The topological polar surface area (TPSA) is 35.6 Å². The molecule has 0 saturated carbocycles. The van der Waals surface area contributed by atoms with Gasteiger partial charge >= 0.3 is 0 Å². The molecule has 1 N–H and O–H groups in total. The van der Waals surface area contributed by atoms with Crippen molar-refractivity contribution in [1.29, 1.82) is 0 Å². The van der Waals surface area contributed by atoms with E-state index in [1.165, 1.54) is 16.1 Å². The van der Waals surface area contributed by atoms with Crippen molar-refractivity contribution >= 4 is 29.0 Å². The molecule has 26 heavy (non-hydrogen) atoms. The number of nitrogens with zero attached hydrogens (tertiary/aromatic N) is 2. The van der Waals surface area contributed by atoms with Crippen LogP contribution in [0.1, 0.15) is 12.0 Å². The molecule has 1 aliphatic rings. The molecule has 0 atom stereocenters. The number of rotatable bonds is 6. The van der Waals surface area contributed by atoms with E-state index in [0.29, 0.717) is 6.42 Å². The number of carbonyl (C=O) groups is 1. The Morgan fingerprint density at radius 3 is 2.50 bits per heavy atom. The van der Waals surface area contributed by atoms with Gasteiger partial charge in [0.25, 0.3) is 0 Å². The lowest BCUT2D eigenvalue weighted by Crippen LogP contribution is -2.44. The van der Waals surface area contributed by atoms with Crippen LogP contribution < -0.4 is 10.2 Å². The number of anilines is 2. The van der Waals surface area contributed by atoms with Gasteiger partial charge in [-0.3, -0.25) is 4.79 Å². The van der Waals surface area contributed by atoms with Crippen LogP contribution in [0.5, 0.6) is 0 Å². The maximum Gasteiger partial charge on any atom is 0.225 e. The number of hydrogen-bond donors (Lipinski definition) is 1. The lowest BCUT2D eigenvalue weighted by atomic mass is 10.1. The minimum absolute atomic E-state index is 0.0696. The number of nitrogens with one attached hydrogen (secondary N) is 1. The average Bonchev–Trinajstić information content (AvgIpc) is 2.64. The molecule has 138 valence electrons. The summed E-state index contributed by atoms with van der Waals surface area (Å²) < 4.78 is 0. The molecule has 4 nitrogen and oxygen atoms in total. The summed E-state index contributed by atoms with van der Waals surface area (Å²) in [6.45, 7) is 6.42. The number of hydrogen-bond acceptors (Lipinski definition) is 4. The van der Waals surface area contributed by atoms with Crippen LogP contribution in [0.2, 0.25) is 0 Å². The standard InChI is InChI=1S/C21H27N3OS/c1-17-16-18(8-9-20(17)24-13-11-23(2)12-14-24)22-21(25)10-15-26-19-6-4-3-5-7-19/h3-9,16H,10-15H2,1-2H3,(H,22,25). The predicted molar refractivity (Wildman–Crippen MR) is 111 cm³/mol. The molecule has 5 heteroatoms. The van der Waals surface area contributed by atoms with Crippen molar-refractivity contribution in [3.63, 3.8) is 0 Å². The van der Waals surface area contributed by atoms with Crippen molar-refractivity contribution in [3.05, 3.63) is 54.1 Å². The number of likely N-dealkylation sites (N-methyl/N-ethyl adjacent to an activating group) is 1. The molecule has 2 aromatic rings. The summed E-state index contributed by atoms with van der Waals surface area (Å²) in [5.41, 5.74) is 3.37. The van der Waals surface area contributed by atoms with Crippen molar-refractivity contribution in [3.8, 4) is 0 Å². The number of amides is 1. The smallest absolute Gasteiger partial charge is 0.225 e. The van der Waals surface area contributed by atoms with Crippen LogP contribution in [0.4, 0.5) is 11.4 Å². The number of thioether (sulfide) groups is 1. The van der Waals surface area contributed by atoms with Gasteiger partial charge in [-0.25, -0.2) is 0 Å². The van der Waals surface area contributed by atoms with Crippen LogP contribution in [0.25, 0.3) is 0 Å².